The van der Waals surface area contributed by atoms with Crippen molar-refractivity contribution in [3.05, 3.63) is 41.7 Å². The van der Waals surface area contributed by atoms with Crippen LogP contribution in [0.25, 0.3) is 0 Å². The van der Waals surface area contributed by atoms with Gasteiger partial charge in [0.25, 0.3) is 0 Å². The zero-order valence-corrected chi connectivity index (χ0v) is 14.7. The summed E-state index contributed by atoms with van der Waals surface area (Å²) < 4.78 is 39.8. The third-order valence-corrected chi connectivity index (χ3v) is 5.82. The van der Waals surface area contributed by atoms with Crippen molar-refractivity contribution in [2.45, 2.75) is 25.3 Å². The quantitative estimate of drug-likeness (QED) is 0.727. The van der Waals surface area contributed by atoms with E-state index in [4.69, 9.17) is 4.99 Å². The number of hydrogen-bond donors (Lipinski definition) is 0. The second kappa shape index (κ2) is 6.99. The molecule has 0 radical (unpaired) electrons. The molecule has 0 saturated carbocycles. The van der Waals surface area contributed by atoms with Gasteiger partial charge in [0, 0.05) is 42.3 Å². The highest BCUT2D eigenvalue weighted by Crippen LogP contribution is 2.39. The molecule has 3 atom stereocenters. The van der Waals surface area contributed by atoms with Gasteiger partial charge in [0.05, 0.1) is 11.7 Å². The molecule has 1 aromatic rings. The molecule has 2 heterocycles. The number of piperidine rings is 1. The fourth-order valence-corrected chi connectivity index (χ4v) is 4.32. The highest BCUT2D eigenvalue weighted by atomic mass is 19.2. The van der Waals surface area contributed by atoms with Crippen LogP contribution in [-0.4, -0.2) is 43.0 Å². The molecule has 0 bridgehead atoms. The number of likely N-dealkylation sites (tertiary alicyclic amines) is 1. The summed E-state index contributed by atoms with van der Waals surface area (Å²) in [5.41, 5.74) is 0.811. The third kappa shape index (κ3) is 3.34. The first-order valence-corrected chi connectivity index (χ1v) is 9.13. The topological polar surface area (TPSA) is 28.0 Å². The van der Waals surface area contributed by atoms with E-state index in [2.05, 4.69) is 29.2 Å². The van der Waals surface area contributed by atoms with Gasteiger partial charge in [-0.3, -0.25) is 9.98 Å². The number of allylic oxidation sites excluding steroid dienone is 1. The van der Waals surface area contributed by atoms with Crippen LogP contribution in [0.5, 0.6) is 0 Å². The minimum atomic E-state index is -1.46. The lowest BCUT2D eigenvalue weighted by Crippen LogP contribution is -2.37. The lowest BCUT2D eigenvalue weighted by atomic mass is 9.74. The average molecular weight is 361 g/mol. The summed E-state index contributed by atoms with van der Waals surface area (Å²) in [6.45, 7) is 2.26. The van der Waals surface area contributed by atoms with Crippen molar-refractivity contribution in [1.29, 1.82) is 0 Å². The Balaban J connectivity index is 1.50. The van der Waals surface area contributed by atoms with Gasteiger partial charge >= 0.3 is 0 Å². The smallest absolute Gasteiger partial charge is 0.194 e. The van der Waals surface area contributed by atoms with E-state index >= 15 is 0 Å². The fourth-order valence-electron chi connectivity index (χ4n) is 4.32. The molecular weight excluding hydrogens is 339 g/mol. The first kappa shape index (κ1) is 17.5. The Bertz CT molecular complexity index is 756. The van der Waals surface area contributed by atoms with Gasteiger partial charge in [-0.15, -0.1) is 0 Å². The van der Waals surface area contributed by atoms with Crippen LogP contribution < -0.4 is 0 Å². The van der Waals surface area contributed by atoms with E-state index in [0.29, 0.717) is 24.2 Å². The summed E-state index contributed by atoms with van der Waals surface area (Å²) >= 11 is 0. The molecule has 1 aliphatic carbocycles. The van der Waals surface area contributed by atoms with Gasteiger partial charge in [-0.2, -0.15) is 0 Å². The van der Waals surface area contributed by atoms with E-state index < -0.39 is 17.5 Å². The molecule has 3 aliphatic rings. The third-order valence-electron chi connectivity index (χ3n) is 5.82. The lowest BCUT2D eigenvalue weighted by Gasteiger charge is -2.35. The number of benzene rings is 1. The summed E-state index contributed by atoms with van der Waals surface area (Å²) in [6, 6.07) is 1.98. The Hall–Kier alpha value is -1.95. The first-order chi connectivity index (χ1) is 12.5. The molecule has 1 saturated heterocycles. The molecule has 26 heavy (non-hydrogen) atoms. The number of nitrogens with zero attached hydrogens (tertiary/aromatic N) is 3. The zero-order valence-electron chi connectivity index (χ0n) is 14.7. The van der Waals surface area contributed by atoms with Gasteiger partial charge in [0.1, 0.15) is 0 Å². The monoisotopic (exact) mass is 361 g/mol. The molecule has 3 nitrogen and oxygen atoms in total. The van der Waals surface area contributed by atoms with Crippen LogP contribution >= 0.6 is 0 Å². The van der Waals surface area contributed by atoms with Crippen LogP contribution in [-0.2, 0) is 0 Å². The molecular formula is C20H22F3N3. The Morgan fingerprint density at radius 3 is 2.46 bits per heavy atom. The molecule has 1 aromatic carbocycles. The number of halogens is 3. The number of fused-ring (bicyclic) bond motifs is 1. The van der Waals surface area contributed by atoms with Gasteiger partial charge in [-0.1, -0.05) is 6.08 Å². The van der Waals surface area contributed by atoms with Crippen molar-refractivity contribution in [1.82, 2.24) is 4.90 Å². The first-order valence-electron chi connectivity index (χ1n) is 9.13. The van der Waals surface area contributed by atoms with E-state index in [0.717, 1.165) is 30.9 Å². The van der Waals surface area contributed by atoms with Gasteiger partial charge in [-0.25, -0.2) is 13.2 Å². The highest BCUT2D eigenvalue weighted by molar-refractivity contribution is 5.98. The van der Waals surface area contributed by atoms with E-state index in [1.807, 2.05) is 6.08 Å². The van der Waals surface area contributed by atoms with Crippen molar-refractivity contribution in [3.63, 3.8) is 0 Å². The van der Waals surface area contributed by atoms with Crippen molar-refractivity contribution in [3.8, 4) is 0 Å². The molecule has 0 amide bonds. The molecule has 2 aliphatic heterocycles. The maximum atomic E-state index is 13.4. The van der Waals surface area contributed by atoms with Gasteiger partial charge < -0.3 is 4.90 Å². The zero-order chi connectivity index (χ0) is 18.3. The fraction of sp³-hybridized carbons (Fsp3) is 0.500. The molecule has 0 aromatic heterocycles. The summed E-state index contributed by atoms with van der Waals surface area (Å²) in [5, 5.41) is 0. The van der Waals surface area contributed by atoms with Crippen molar-refractivity contribution in [2.24, 2.45) is 27.7 Å². The second-order valence-corrected chi connectivity index (χ2v) is 7.55. The van der Waals surface area contributed by atoms with Crippen molar-refractivity contribution < 1.29 is 13.2 Å². The van der Waals surface area contributed by atoms with Crippen LogP contribution in [0.2, 0.25) is 0 Å². The maximum Gasteiger partial charge on any atom is 0.194 e. The standard InChI is InChI=1S/C20H22F3N3/c1-26-6-4-12(5-7-26)16-11-24-19-10-13(2-3-15(16)19)25-14-8-17(21)20(23)18(22)9-14/h2-3,8-9,11-12,15-16,19H,4-7,10H2,1H3. The van der Waals surface area contributed by atoms with Crippen LogP contribution in [0.3, 0.4) is 0 Å². The molecule has 1 fully saturated rings. The van der Waals surface area contributed by atoms with Crippen LogP contribution in [0, 0.1) is 35.2 Å². The van der Waals surface area contributed by atoms with E-state index in [9.17, 15) is 13.2 Å². The summed E-state index contributed by atoms with van der Waals surface area (Å²) in [5.74, 6) is -2.40. The molecule has 4 rings (SSSR count). The molecule has 6 heteroatoms. The number of aliphatic imine (C=N–C) groups is 2. The Kier molecular flexibility index (Phi) is 4.69. The molecule has 0 N–H and O–H groups in total. The van der Waals surface area contributed by atoms with Gasteiger partial charge in [0.15, 0.2) is 17.5 Å². The van der Waals surface area contributed by atoms with Crippen LogP contribution in [0.1, 0.15) is 19.3 Å². The predicted octanol–water partition coefficient (Wildman–Crippen LogP) is 4.16. The largest absolute Gasteiger partial charge is 0.306 e. The second-order valence-electron chi connectivity index (χ2n) is 7.55. The summed E-state index contributed by atoms with van der Waals surface area (Å²) in [4.78, 5) is 11.4. The summed E-state index contributed by atoms with van der Waals surface area (Å²) in [6.07, 6.45) is 9.20. The highest BCUT2D eigenvalue weighted by Gasteiger charge is 2.39. The van der Waals surface area contributed by atoms with Gasteiger partial charge in [0.2, 0.25) is 0 Å². The van der Waals surface area contributed by atoms with E-state index in [1.165, 1.54) is 12.8 Å². The van der Waals surface area contributed by atoms with Crippen molar-refractivity contribution in [2.75, 3.05) is 20.1 Å². The number of rotatable bonds is 2. The molecule has 3 unspecified atom stereocenters. The maximum absolute atomic E-state index is 13.4. The minimum Gasteiger partial charge on any atom is -0.306 e. The Morgan fingerprint density at radius 2 is 1.77 bits per heavy atom. The van der Waals surface area contributed by atoms with Crippen LogP contribution in [0.4, 0.5) is 18.9 Å². The Morgan fingerprint density at radius 1 is 1.08 bits per heavy atom. The lowest BCUT2D eigenvalue weighted by molar-refractivity contribution is 0.179. The minimum absolute atomic E-state index is 0.0911. The Labute approximate surface area is 151 Å². The van der Waals surface area contributed by atoms with E-state index in [-0.39, 0.29) is 11.7 Å². The molecule has 138 valence electrons. The summed E-state index contributed by atoms with van der Waals surface area (Å²) in [7, 11) is 2.16. The SMILES string of the molecule is CN1CCC(C2C=NC3CC(=Nc4cc(F)c(F)c(F)c4)C=CC32)CC1. The average Bonchev–Trinajstić information content (AvgIpc) is 3.03. The van der Waals surface area contributed by atoms with Crippen LogP contribution in [0.15, 0.2) is 34.3 Å². The normalized spacial score (nSPS) is 30.9. The predicted molar refractivity (Wildman–Crippen MR) is 96.6 cm³/mol. The van der Waals surface area contributed by atoms with E-state index in [1.54, 1.807) is 0 Å². The molecule has 0 spiro atoms. The number of hydrogen-bond acceptors (Lipinski definition) is 3. The van der Waals surface area contributed by atoms with Crippen molar-refractivity contribution >= 4 is 17.6 Å². The van der Waals surface area contributed by atoms with Gasteiger partial charge in [-0.05, 0) is 45.0 Å².